The third kappa shape index (κ3) is 4.31. The van der Waals surface area contributed by atoms with Gasteiger partial charge in [-0.2, -0.15) is 0 Å². The van der Waals surface area contributed by atoms with Gasteiger partial charge >= 0.3 is 5.97 Å². The minimum Gasteiger partial charge on any atom is -0.457 e. The average molecular weight is 338 g/mol. The molecular weight excluding hydrogens is 312 g/mol. The number of hydrogen-bond donors (Lipinski definition) is 0. The van der Waals surface area contributed by atoms with Crippen molar-refractivity contribution in [2.75, 3.05) is 13.1 Å². The molecule has 0 saturated carbocycles. The molecular formula is C17H26N2O3S. The smallest absolute Gasteiger partial charge is 0.311 e. The molecule has 6 heteroatoms. The summed E-state index contributed by atoms with van der Waals surface area (Å²) >= 11 is 1.61. The number of carbonyl (C=O) groups excluding carboxylic acids is 2. The van der Waals surface area contributed by atoms with E-state index in [0.717, 1.165) is 41.4 Å². The molecule has 0 bridgehead atoms. The summed E-state index contributed by atoms with van der Waals surface area (Å²) < 4.78 is 5.67. The van der Waals surface area contributed by atoms with Crippen LogP contribution in [0.25, 0.3) is 0 Å². The van der Waals surface area contributed by atoms with Crippen molar-refractivity contribution in [3.8, 4) is 0 Å². The molecule has 1 saturated heterocycles. The lowest BCUT2D eigenvalue weighted by Crippen LogP contribution is -2.42. The van der Waals surface area contributed by atoms with Gasteiger partial charge in [-0.3, -0.25) is 9.59 Å². The predicted molar refractivity (Wildman–Crippen MR) is 90.3 cm³/mol. The molecule has 1 aromatic heterocycles. The fraction of sp³-hybridized carbons (Fsp3) is 0.706. The molecule has 128 valence electrons. The molecule has 0 spiro atoms. The fourth-order valence-corrected chi connectivity index (χ4v) is 3.93. The van der Waals surface area contributed by atoms with Crippen LogP contribution in [0.2, 0.25) is 0 Å². The Morgan fingerprint density at radius 1 is 1.43 bits per heavy atom. The molecule has 1 aliphatic heterocycles. The number of aryl methyl sites for hydroxylation is 2. The minimum atomic E-state index is -0.280. The third-order valence-corrected chi connectivity index (χ3v) is 5.71. The maximum absolute atomic E-state index is 12.4. The van der Waals surface area contributed by atoms with E-state index >= 15 is 0 Å². The van der Waals surface area contributed by atoms with Gasteiger partial charge in [0.1, 0.15) is 6.10 Å². The molecule has 0 aliphatic carbocycles. The first-order valence-corrected chi connectivity index (χ1v) is 9.22. The van der Waals surface area contributed by atoms with Crippen molar-refractivity contribution in [2.45, 2.75) is 59.5 Å². The van der Waals surface area contributed by atoms with Gasteiger partial charge in [0.05, 0.1) is 21.5 Å². The number of nitrogens with zero attached hydrogens (tertiary/aromatic N) is 2. The van der Waals surface area contributed by atoms with Crippen molar-refractivity contribution in [1.29, 1.82) is 0 Å². The van der Waals surface area contributed by atoms with Crippen molar-refractivity contribution < 1.29 is 14.3 Å². The number of carbonyl (C=O) groups is 2. The molecule has 0 radical (unpaired) electrons. The summed E-state index contributed by atoms with van der Waals surface area (Å²) in [6.45, 7) is 9.01. The van der Waals surface area contributed by atoms with Crippen molar-refractivity contribution in [3.63, 3.8) is 0 Å². The van der Waals surface area contributed by atoms with Crippen LogP contribution in [0.5, 0.6) is 0 Å². The van der Waals surface area contributed by atoms with E-state index in [1.807, 2.05) is 20.8 Å². The number of esters is 1. The second-order valence-corrected chi connectivity index (χ2v) is 7.14. The molecule has 2 heterocycles. The zero-order valence-electron chi connectivity index (χ0n) is 14.4. The molecule has 5 nitrogen and oxygen atoms in total. The molecule has 23 heavy (non-hydrogen) atoms. The highest BCUT2D eigenvalue weighted by molar-refractivity contribution is 7.11. The molecule has 1 aliphatic rings. The lowest BCUT2D eigenvalue weighted by molar-refractivity contribution is -0.156. The Morgan fingerprint density at radius 2 is 2.17 bits per heavy atom. The summed E-state index contributed by atoms with van der Waals surface area (Å²) in [6.07, 6.45) is 2.75. The molecule has 1 aromatic rings. The standard InChI is InChI=1S/C17H26N2O3S/c1-5-14-18-11(3)16(23-14)12(4)22-17(21)13-8-7-9-19(10-13)15(20)6-2/h12-13H,5-10H2,1-4H3/t12-,13+/m1/s1. The number of aromatic nitrogens is 1. The van der Waals surface area contributed by atoms with Gasteiger partial charge in [0, 0.05) is 19.5 Å². The highest BCUT2D eigenvalue weighted by atomic mass is 32.1. The summed E-state index contributed by atoms with van der Waals surface area (Å²) in [5.74, 6) is -0.293. The van der Waals surface area contributed by atoms with Crippen LogP contribution in [0.15, 0.2) is 0 Å². The van der Waals surface area contributed by atoms with Gasteiger partial charge in [-0.25, -0.2) is 4.98 Å². The summed E-state index contributed by atoms with van der Waals surface area (Å²) in [5.41, 5.74) is 0.943. The van der Waals surface area contributed by atoms with Gasteiger partial charge in [0.25, 0.3) is 0 Å². The van der Waals surface area contributed by atoms with Gasteiger partial charge in [-0.1, -0.05) is 13.8 Å². The van der Waals surface area contributed by atoms with E-state index in [4.69, 9.17) is 4.74 Å². The summed E-state index contributed by atoms with van der Waals surface area (Å²) in [6, 6.07) is 0. The van der Waals surface area contributed by atoms with Crippen LogP contribution < -0.4 is 0 Å². The second kappa shape index (κ2) is 7.90. The van der Waals surface area contributed by atoms with E-state index < -0.39 is 0 Å². The van der Waals surface area contributed by atoms with Crippen molar-refractivity contribution in [2.24, 2.45) is 5.92 Å². The summed E-state index contributed by atoms with van der Waals surface area (Å²) in [4.78, 5) is 31.6. The number of amides is 1. The Balaban J connectivity index is 1.97. The van der Waals surface area contributed by atoms with E-state index in [0.29, 0.717) is 13.0 Å². The maximum atomic E-state index is 12.4. The van der Waals surface area contributed by atoms with Crippen LogP contribution in [0.4, 0.5) is 0 Å². The summed E-state index contributed by atoms with van der Waals surface area (Å²) in [5, 5.41) is 1.07. The van der Waals surface area contributed by atoms with Crippen molar-refractivity contribution >= 4 is 23.2 Å². The first-order valence-electron chi connectivity index (χ1n) is 8.40. The van der Waals surface area contributed by atoms with E-state index in [1.54, 1.807) is 16.2 Å². The fourth-order valence-electron chi connectivity index (χ4n) is 2.94. The van der Waals surface area contributed by atoms with E-state index in [2.05, 4.69) is 11.9 Å². The number of likely N-dealkylation sites (tertiary alicyclic amines) is 1. The number of ether oxygens (including phenoxy) is 1. The SMILES string of the molecule is CCC(=O)N1CCC[C@H](C(=O)O[C@H](C)c2sc(CC)nc2C)C1. The van der Waals surface area contributed by atoms with Crippen LogP contribution in [0.3, 0.4) is 0 Å². The van der Waals surface area contributed by atoms with E-state index in [1.165, 1.54) is 0 Å². The highest BCUT2D eigenvalue weighted by Gasteiger charge is 2.30. The second-order valence-electron chi connectivity index (χ2n) is 6.02. The van der Waals surface area contributed by atoms with Gasteiger partial charge in [-0.15, -0.1) is 11.3 Å². The first-order chi connectivity index (χ1) is 11.0. The zero-order chi connectivity index (χ0) is 17.0. The monoisotopic (exact) mass is 338 g/mol. The first kappa shape index (κ1) is 17.9. The van der Waals surface area contributed by atoms with Gasteiger partial charge < -0.3 is 9.64 Å². The molecule has 2 atom stereocenters. The summed E-state index contributed by atoms with van der Waals surface area (Å²) in [7, 11) is 0. The molecule has 1 fully saturated rings. The Bertz CT molecular complexity index is 570. The topological polar surface area (TPSA) is 59.5 Å². The van der Waals surface area contributed by atoms with Crippen LogP contribution in [-0.2, 0) is 20.7 Å². The molecule has 1 amide bonds. The Kier molecular flexibility index (Phi) is 6.16. The maximum Gasteiger partial charge on any atom is 0.311 e. The van der Waals surface area contributed by atoms with Gasteiger partial charge in [0.2, 0.25) is 5.91 Å². The Labute approximate surface area is 142 Å². The highest BCUT2D eigenvalue weighted by Crippen LogP contribution is 2.29. The van der Waals surface area contributed by atoms with Crippen molar-refractivity contribution in [1.82, 2.24) is 9.88 Å². The van der Waals surface area contributed by atoms with Crippen LogP contribution in [0, 0.1) is 12.8 Å². The molecule has 0 N–H and O–H groups in total. The normalized spacial score (nSPS) is 19.5. The van der Waals surface area contributed by atoms with Crippen LogP contribution in [0.1, 0.15) is 61.7 Å². The Hall–Kier alpha value is -1.43. The molecule has 2 rings (SSSR count). The van der Waals surface area contributed by atoms with Gasteiger partial charge in [0.15, 0.2) is 0 Å². The van der Waals surface area contributed by atoms with Crippen LogP contribution >= 0.6 is 11.3 Å². The quantitative estimate of drug-likeness (QED) is 0.773. The predicted octanol–water partition coefficient (Wildman–Crippen LogP) is 3.27. The van der Waals surface area contributed by atoms with Gasteiger partial charge in [-0.05, 0) is 33.1 Å². The van der Waals surface area contributed by atoms with Crippen molar-refractivity contribution in [3.05, 3.63) is 15.6 Å². The zero-order valence-corrected chi connectivity index (χ0v) is 15.2. The van der Waals surface area contributed by atoms with Crippen LogP contribution in [-0.4, -0.2) is 34.8 Å². The number of thiazole rings is 1. The number of rotatable bonds is 5. The Morgan fingerprint density at radius 3 is 2.78 bits per heavy atom. The number of piperidine rings is 1. The largest absolute Gasteiger partial charge is 0.457 e. The van der Waals surface area contributed by atoms with E-state index in [-0.39, 0.29) is 23.9 Å². The minimum absolute atomic E-state index is 0.112. The third-order valence-electron chi connectivity index (χ3n) is 4.25. The molecule has 0 unspecified atom stereocenters. The number of hydrogen-bond acceptors (Lipinski definition) is 5. The average Bonchev–Trinajstić information content (AvgIpc) is 2.95. The lowest BCUT2D eigenvalue weighted by Gasteiger charge is -2.32. The molecule has 0 aromatic carbocycles. The lowest BCUT2D eigenvalue weighted by atomic mass is 9.98. The van der Waals surface area contributed by atoms with E-state index in [9.17, 15) is 9.59 Å².